The third-order valence-corrected chi connectivity index (χ3v) is 1.98. The van der Waals surface area contributed by atoms with Gasteiger partial charge < -0.3 is 19.7 Å². The van der Waals surface area contributed by atoms with E-state index in [0.717, 1.165) is 0 Å². The van der Waals surface area contributed by atoms with E-state index in [1.165, 1.54) is 0 Å². The van der Waals surface area contributed by atoms with Crippen LogP contribution in [0.3, 0.4) is 0 Å². The van der Waals surface area contributed by atoms with Crippen molar-refractivity contribution in [1.82, 2.24) is 0 Å². The maximum absolute atomic E-state index is 9.86. The van der Waals surface area contributed by atoms with Crippen molar-refractivity contribution >= 4 is 21.5 Å². The molecule has 0 radical (unpaired) electrons. The lowest BCUT2D eigenvalue weighted by Crippen LogP contribution is -2.02. The van der Waals surface area contributed by atoms with E-state index in [1.807, 2.05) is 5.70 Å². The highest BCUT2D eigenvalue weighted by atomic mass is 28.2. The Morgan fingerprint density at radius 3 is 1.35 bits per heavy atom. The van der Waals surface area contributed by atoms with Crippen molar-refractivity contribution in [2.24, 2.45) is 0 Å². The van der Waals surface area contributed by atoms with Crippen molar-refractivity contribution in [1.29, 1.82) is 0 Å². The summed E-state index contributed by atoms with van der Waals surface area (Å²) in [4.78, 5) is 19.7. The summed E-state index contributed by atoms with van der Waals surface area (Å²) in [5, 5.41) is 16.2. The van der Waals surface area contributed by atoms with E-state index < -0.39 is 11.9 Å². The summed E-state index contributed by atoms with van der Waals surface area (Å²) < 4.78 is 9.02. The second kappa shape index (κ2) is 17.0. The van der Waals surface area contributed by atoms with Gasteiger partial charge in [-0.1, -0.05) is 6.55 Å². The highest BCUT2D eigenvalue weighted by molar-refractivity contribution is 6.39. The molecule has 0 saturated carbocycles. The monoisotopic (exact) mass is 304 g/mol. The van der Waals surface area contributed by atoms with Gasteiger partial charge in [0.1, 0.15) is 0 Å². The van der Waals surface area contributed by atoms with Crippen LogP contribution in [0.1, 0.15) is 13.8 Å². The number of hydrogen-bond acceptors (Lipinski definition) is 4. The van der Waals surface area contributed by atoms with Gasteiger partial charge in [0, 0.05) is 9.52 Å². The molecule has 0 aliphatic rings. The molecule has 116 valence electrons. The fourth-order valence-electron chi connectivity index (χ4n) is 0.472. The summed E-state index contributed by atoms with van der Waals surface area (Å²) >= 11 is 0. The zero-order chi connectivity index (χ0) is 16.6. The summed E-state index contributed by atoms with van der Waals surface area (Å²) in [6.07, 6.45) is 0. The zero-order valence-electron chi connectivity index (χ0n) is 12.3. The van der Waals surface area contributed by atoms with Crippen LogP contribution in [0, 0.1) is 0 Å². The van der Waals surface area contributed by atoms with Crippen LogP contribution in [0.15, 0.2) is 37.0 Å². The first-order valence-electron chi connectivity index (χ1n) is 5.99. The van der Waals surface area contributed by atoms with Crippen molar-refractivity contribution in [3.05, 3.63) is 37.0 Å². The lowest BCUT2D eigenvalue weighted by molar-refractivity contribution is -0.137. The predicted octanol–water partition coefficient (Wildman–Crippen LogP) is 1.59. The molecular formula is C13H24O6Si. The van der Waals surface area contributed by atoms with Gasteiger partial charge in [-0.25, -0.2) is 9.59 Å². The Kier molecular flexibility index (Phi) is 19.6. The quantitative estimate of drug-likeness (QED) is 0.421. The summed E-state index contributed by atoms with van der Waals surface area (Å²) in [6, 6.07) is 0. The Morgan fingerprint density at radius 2 is 1.30 bits per heavy atom. The first kappa shape index (κ1) is 23.1. The summed E-state index contributed by atoms with van der Waals surface area (Å²) in [5.74, 6) is -2.61. The smallest absolute Gasteiger partial charge is 0.370 e. The average Bonchev–Trinajstić information content (AvgIpc) is 2.40. The third-order valence-electron chi connectivity index (χ3n) is 1.40. The second-order valence-corrected chi connectivity index (χ2v) is 4.41. The maximum atomic E-state index is 9.86. The molecule has 0 saturated heterocycles. The molecule has 0 rings (SSSR count). The molecule has 0 unspecified atom stereocenters. The van der Waals surface area contributed by atoms with E-state index in [9.17, 15) is 9.59 Å². The fourth-order valence-corrected chi connectivity index (χ4v) is 0.472. The number of carboxylic acids is 2. The maximum Gasteiger partial charge on any atom is 0.370 e. The minimum Gasteiger partial charge on any atom is -0.487 e. The first-order valence-corrected chi connectivity index (χ1v) is 8.22. The molecule has 0 aromatic heterocycles. The summed E-state index contributed by atoms with van der Waals surface area (Å²) in [7, 11) is 0.188. The van der Waals surface area contributed by atoms with E-state index >= 15 is 0 Å². The zero-order valence-corrected chi connectivity index (χ0v) is 13.8. The van der Waals surface area contributed by atoms with E-state index in [2.05, 4.69) is 35.8 Å². The van der Waals surface area contributed by atoms with Crippen LogP contribution >= 0.6 is 0 Å². The van der Waals surface area contributed by atoms with Crippen LogP contribution in [0.25, 0.3) is 0 Å². The van der Waals surface area contributed by atoms with Crippen molar-refractivity contribution in [3.8, 4) is 0 Å². The summed E-state index contributed by atoms with van der Waals surface area (Å²) in [5.41, 5.74) is 2.01. The van der Waals surface area contributed by atoms with E-state index in [0.29, 0.717) is 13.2 Å². The van der Waals surface area contributed by atoms with Gasteiger partial charge in [-0.3, -0.25) is 0 Å². The molecule has 0 spiro atoms. The molecule has 0 aromatic carbocycles. The number of aliphatic carboxylic acids is 2. The number of rotatable bonds is 7. The Labute approximate surface area is 122 Å². The molecule has 0 atom stereocenters. The van der Waals surface area contributed by atoms with Gasteiger partial charge in [-0.2, -0.15) is 0 Å². The second-order valence-electron chi connectivity index (χ2n) is 3.02. The molecule has 7 heteroatoms. The molecule has 0 bridgehead atoms. The standard InChI is InChI=1S/2C5H8O3.C3H8Si/c2*1-3-8-4(2)5(6)7;1-3-4-2/h2*2-3H2,1H3,(H,6,7);3H,1,4H2,2H3. The summed E-state index contributed by atoms with van der Waals surface area (Å²) in [6.45, 7) is 16.1. The molecule has 0 heterocycles. The molecule has 0 amide bonds. The van der Waals surface area contributed by atoms with Crippen LogP contribution in [-0.4, -0.2) is 44.9 Å². The van der Waals surface area contributed by atoms with Gasteiger partial charge in [-0.15, -0.1) is 12.3 Å². The lowest BCUT2D eigenvalue weighted by atomic mass is 10.6. The van der Waals surface area contributed by atoms with Crippen LogP contribution in [0.4, 0.5) is 0 Å². The van der Waals surface area contributed by atoms with E-state index in [-0.39, 0.29) is 21.0 Å². The van der Waals surface area contributed by atoms with Gasteiger partial charge >= 0.3 is 11.9 Å². The van der Waals surface area contributed by atoms with Gasteiger partial charge in [0.05, 0.1) is 13.2 Å². The van der Waals surface area contributed by atoms with Gasteiger partial charge in [0.2, 0.25) is 0 Å². The Morgan fingerprint density at radius 1 is 1.05 bits per heavy atom. The molecule has 0 fully saturated rings. The molecule has 2 N–H and O–H groups in total. The molecule has 0 aliphatic carbocycles. The van der Waals surface area contributed by atoms with E-state index in [1.54, 1.807) is 13.8 Å². The Hall–Kier alpha value is -2.02. The number of carboxylic acid groups (broad SMARTS) is 2. The van der Waals surface area contributed by atoms with Crippen LogP contribution < -0.4 is 0 Å². The molecule has 6 nitrogen and oxygen atoms in total. The van der Waals surface area contributed by atoms with Gasteiger partial charge in [0.15, 0.2) is 11.5 Å². The SMILES string of the molecule is C=C(OCC)C(=O)O.C=C(OCC)C(=O)O.C=C[SiH2]C. The van der Waals surface area contributed by atoms with E-state index in [4.69, 9.17) is 10.2 Å². The number of hydrogen-bond donors (Lipinski definition) is 2. The molecular weight excluding hydrogens is 280 g/mol. The van der Waals surface area contributed by atoms with Crippen molar-refractivity contribution in [3.63, 3.8) is 0 Å². The highest BCUT2D eigenvalue weighted by Crippen LogP contribution is 1.90. The predicted molar refractivity (Wildman–Crippen MR) is 81.4 cm³/mol. The van der Waals surface area contributed by atoms with Crippen LogP contribution in [-0.2, 0) is 19.1 Å². The van der Waals surface area contributed by atoms with Crippen LogP contribution in [0.2, 0.25) is 6.55 Å². The average molecular weight is 304 g/mol. The largest absolute Gasteiger partial charge is 0.487 e. The minimum atomic E-state index is -1.10. The molecule has 20 heavy (non-hydrogen) atoms. The minimum absolute atomic E-state index is 0.188. The normalized spacial score (nSPS) is 8.35. The van der Waals surface area contributed by atoms with Gasteiger partial charge in [0.25, 0.3) is 0 Å². The Balaban J connectivity index is -0.000000230. The lowest BCUT2D eigenvalue weighted by Gasteiger charge is -1.97. The third kappa shape index (κ3) is 21.3. The van der Waals surface area contributed by atoms with Crippen molar-refractivity contribution in [2.45, 2.75) is 20.4 Å². The van der Waals surface area contributed by atoms with Crippen LogP contribution in [0.5, 0.6) is 0 Å². The highest BCUT2D eigenvalue weighted by Gasteiger charge is 2.01. The number of ether oxygens (including phenoxy) is 2. The fraction of sp³-hybridized carbons (Fsp3) is 0.385. The Bertz CT molecular complexity index is 297. The molecule has 0 aliphatic heterocycles. The first-order chi connectivity index (χ1) is 9.28. The van der Waals surface area contributed by atoms with Crippen molar-refractivity contribution in [2.75, 3.05) is 13.2 Å². The molecule has 0 aromatic rings. The van der Waals surface area contributed by atoms with Crippen molar-refractivity contribution < 1.29 is 29.3 Å². The topological polar surface area (TPSA) is 93.1 Å². The van der Waals surface area contributed by atoms with Gasteiger partial charge in [-0.05, 0) is 27.0 Å². The number of carbonyl (C=O) groups is 2.